The molecule has 0 spiro atoms. The predicted molar refractivity (Wildman–Crippen MR) is 266 cm³/mol. The van der Waals surface area contributed by atoms with E-state index in [4.69, 9.17) is 23.7 Å². The third-order valence-corrected chi connectivity index (χ3v) is 12.5. The van der Waals surface area contributed by atoms with Gasteiger partial charge >= 0.3 is 18.0 Å². The van der Waals surface area contributed by atoms with Crippen molar-refractivity contribution in [1.29, 1.82) is 0 Å². The van der Waals surface area contributed by atoms with Gasteiger partial charge in [0, 0.05) is 39.1 Å². The van der Waals surface area contributed by atoms with Gasteiger partial charge in [0.25, 0.3) is 0 Å². The highest BCUT2D eigenvalue weighted by Gasteiger charge is 2.19. The maximum absolute atomic E-state index is 13.2. The van der Waals surface area contributed by atoms with Gasteiger partial charge in [-0.1, -0.05) is 162 Å². The standard InChI is InChI=1S/C55H97N2O8/c1-5-9-13-17-20-21-22-25-31-48-43-49(46-63-52(58)34-33-51(32-26-16-12-8-4)65-55(60)56-37-40-57-38-27-28-39-57)45-50(44-48)47-64-53(59)35-36-54(61-41-29-23-18-14-10-6-2)62-42-30-24-19-15-11-7-3/h9,43-45,51,54H,5-8,10-42,46-47H2,1-4H3,(H,56,60). The SMILES string of the molecule is CC[CH]CCCCCCCc1cc(COC(=O)CCC(CCCCCC)OC(=O)NCCN2CCCC2)cc(COC(=O)CCC(OCCCCCCCC)OCCCCCCCC)c1. The second-order valence-corrected chi connectivity index (χ2v) is 18.6. The fourth-order valence-corrected chi connectivity index (χ4v) is 8.47. The lowest BCUT2D eigenvalue weighted by Crippen LogP contribution is -2.35. The van der Waals surface area contributed by atoms with Crippen LogP contribution in [0.1, 0.15) is 237 Å². The highest BCUT2D eigenvalue weighted by Crippen LogP contribution is 2.20. The summed E-state index contributed by atoms with van der Waals surface area (Å²) in [5.74, 6) is -0.584. The molecule has 1 saturated heterocycles. The van der Waals surface area contributed by atoms with Gasteiger partial charge in [-0.2, -0.15) is 0 Å². The molecule has 1 amide bonds. The van der Waals surface area contributed by atoms with Crippen LogP contribution in [0.25, 0.3) is 0 Å². The highest BCUT2D eigenvalue weighted by molar-refractivity contribution is 5.70. The Morgan fingerprint density at radius 2 is 1.11 bits per heavy atom. The van der Waals surface area contributed by atoms with Gasteiger partial charge in [-0.25, -0.2) is 4.79 Å². The van der Waals surface area contributed by atoms with Crippen LogP contribution in [0.2, 0.25) is 0 Å². The summed E-state index contributed by atoms with van der Waals surface area (Å²) >= 11 is 0. The Hall–Kier alpha value is -2.69. The molecule has 10 heteroatoms. The summed E-state index contributed by atoms with van der Waals surface area (Å²) in [6.45, 7) is 14.0. The average molecular weight is 914 g/mol. The molecule has 1 radical (unpaired) electrons. The third kappa shape index (κ3) is 33.4. The minimum Gasteiger partial charge on any atom is -0.461 e. The second kappa shape index (κ2) is 41.5. The Morgan fingerprint density at radius 3 is 1.69 bits per heavy atom. The Kier molecular flexibility index (Phi) is 37.3. The number of ether oxygens (including phenoxy) is 5. The smallest absolute Gasteiger partial charge is 0.407 e. The number of carbonyl (C=O) groups is 3. The molecular formula is C55H97N2O8. The Balaban J connectivity index is 1.97. The van der Waals surface area contributed by atoms with Crippen molar-refractivity contribution in [1.82, 2.24) is 10.2 Å². The van der Waals surface area contributed by atoms with Gasteiger partial charge < -0.3 is 33.9 Å². The molecule has 375 valence electrons. The first-order chi connectivity index (χ1) is 31.9. The number of alkyl carbamates (subject to hydrolysis) is 1. The molecule has 1 aromatic carbocycles. The molecule has 1 aliphatic rings. The van der Waals surface area contributed by atoms with Crippen LogP contribution < -0.4 is 5.32 Å². The average Bonchev–Trinajstić information content (AvgIpc) is 3.83. The van der Waals surface area contributed by atoms with E-state index in [1.165, 1.54) is 89.9 Å². The molecule has 65 heavy (non-hydrogen) atoms. The molecule has 0 saturated carbocycles. The lowest BCUT2D eigenvalue weighted by atomic mass is 10.0. The summed E-state index contributed by atoms with van der Waals surface area (Å²) in [4.78, 5) is 41.4. The summed E-state index contributed by atoms with van der Waals surface area (Å²) < 4.78 is 29.9. The number of nitrogens with one attached hydrogen (secondary N) is 1. The first-order valence-corrected chi connectivity index (χ1v) is 27.0. The van der Waals surface area contributed by atoms with Crippen LogP contribution in [-0.4, -0.2) is 74.7 Å². The Labute approximate surface area is 398 Å². The van der Waals surface area contributed by atoms with Crippen LogP contribution in [0, 0.1) is 6.42 Å². The third-order valence-electron chi connectivity index (χ3n) is 12.5. The van der Waals surface area contributed by atoms with Crippen molar-refractivity contribution in [2.45, 2.75) is 252 Å². The number of nitrogens with zero attached hydrogens (tertiary/aromatic N) is 1. The van der Waals surface area contributed by atoms with Gasteiger partial charge in [0.15, 0.2) is 6.29 Å². The van der Waals surface area contributed by atoms with E-state index in [-0.39, 0.29) is 44.1 Å². The van der Waals surface area contributed by atoms with E-state index >= 15 is 0 Å². The molecule has 0 aliphatic carbocycles. The van der Waals surface area contributed by atoms with Crippen molar-refractivity contribution in [2.75, 3.05) is 39.4 Å². The fraction of sp³-hybridized carbons (Fsp3) is 0.818. The van der Waals surface area contributed by atoms with Crippen molar-refractivity contribution >= 4 is 18.0 Å². The fourth-order valence-electron chi connectivity index (χ4n) is 8.47. The summed E-state index contributed by atoms with van der Waals surface area (Å²) in [5.41, 5.74) is 2.93. The monoisotopic (exact) mass is 914 g/mol. The van der Waals surface area contributed by atoms with Crippen LogP contribution in [0.5, 0.6) is 0 Å². The molecule has 1 atom stereocenters. The lowest BCUT2D eigenvalue weighted by molar-refractivity contribution is -0.160. The second-order valence-electron chi connectivity index (χ2n) is 18.6. The van der Waals surface area contributed by atoms with E-state index in [2.05, 4.69) is 56.5 Å². The molecule has 1 aromatic rings. The minimum atomic E-state index is -0.411. The number of hydrogen-bond donors (Lipinski definition) is 1. The van der Waals surface area contributed by atoms with E-state index in [0.717, 1.165) is 120 Å². The number of likely N-dealkylation sites (tertiary alicyclic amines) is 1. The summed E-state index contributed by atoms with van der Waals surface area (Å²) in [6, 6.07) is 6.23. The van der Waals surface area contributed by atoms with Crippen LogP contribution in [0.4, 0.5) is 4.79 Å². The van der Waals surface area contributed by atoms with Gasteiger partial charge in [-0.05, 0) is 100 Å². The molecule has 1 N–H and O–H groups in total. The van der Waals surface area contributed by atoms with Crippen LogP contribution in [0.3, 0.4) is 0 Å². The van der Waals surface area contributed by atoms with Gasteiger partial charge in [-0.3, -0.25) is 9.59 Å². The van der Waals surface area contributed by atoms with Gasteiger partial charge in [0.1, 0.15) is 19.3 Å². The van der Waals surface area contributed by atoms with Gasteiger partial charge in [0.2, 0.25) is 0 Å². The largest absolute Gasteiger partial charge is 0.461 e. The van der Waals surface area contributed by atoms with E-state index in [1.807, 2.05) is 6.07 Å². The van der Waals surface area contributed by atoms with Crippen LogP contribution in [0.15, 0.2) is 18.2 Å². The zero-order valence-corrected chi connectivity index (χ0v) is 42.3. The summed E-state index contributed by atoms with van der Waals surface area (Å²) in [5, 5.41) is 2.92. The van der Waals surface area contributed by atoms with E-state index < -0.39 is 12.4 Å². The number of aryl methyl sites for hydroxylation is 1. The van der Waals surface area contributed by atoms with E-state index in [0.29, 0.717) is 32.6 Å². The molecule has 1 unspecified atom stereocenters. The predicted octanol–water partition coefficient (Wildman–Crippen LogP) is 14.1. The zero-order valence-electron chi connectivity index (χ0n) is 42.3. The number of unbranched alkanes of at least 4 members (excludes halogenated alkanes) is 20. The molecule has 0 aromatic heterocycles. The van der Waals surface area contributed by atoms with E-state index in [9.17, 15) is 14.4 Å². The molecule has 1 aliphatic heterocycles. The summed E-state index contributed by atoms with van der Waals surface area (Å²) in [7, 11) is 0. The van der Waals surface area contributed by atoms with Gasteiger partial charge in [0.05, 0.1) is 6.42 Å². The topological polar surface area (TPSA) is 113 Å². The molecule has 1 heterocycles. The van der Waals surface area contributed by atoms with Crippen LogP contribution in [-0.2, 0) is 52.9 Å². The Morgan fingerprint density at radius 1 is 0.600 bits per heavy atom. The maximum atomic E-state index is 13.2. The summed E-state index contributed by atoms with van der Waals surface area (Å²) in [6.07, 6.45) is 33.5. The van der Waals surface area contributed by atoms with Crippen LogP contribution >= 0.6 is 0 Å². The maximum Gasteiger partial charge on any atom is 0.407 e. The quantitative estimate of drug-likeness (QED) is 0.0296. The zero-order chi connectivity index (χ0) is 46.8. The lowest BCUT2D eigenvalue weighted by Gasteiger charge is -2.19. The number of amides is 1. The molecule has 2 rings (SSSR count). The first kappa shape index (κ1) is 58.4. The molecule has 0 bridgehead atoms. The van der Waals surface area contributed by atoms with Crippen molar-refractivity contribution in [3.8, 4) is 0 Å². The van der Waals surface area contributed by atoms with Crippen molar-refractivity contribution in [2.24, 2.45) is 0 Å². The number of esters is 2. The first-order valence-electron chi connectivity index (χ1n) is 27.0. The number of hydrogen-bond acceptors (Lipinski definition) is 9. The molecular weight excluding hydrogens is 817 g/mol. The number of rotatable bonds is 44. The minimum absolute atomic E-state index is 0.133. The Bertz CT molecular complexity index is 1290. The van der Waals surface area contributed by atoms with Crippen molar-refractivity contribution < 1.29 is 38.1 Å². The van der Waals surface area contributed by atoms with Gasteiger partial charge in [-0.15, -0.1) is 0 Å². The number of carbonyl (C=O) groups excluding carboxylic acids is 3. The van der Waals surface area contributed by atoms with E-state index in [1.54, 1.807) is 0 Å². The highest BCUT2D eigenvalue weighted by atomic mass is 16.7. The molecule has 10 nitrogen and oxygen atoms in total. The molecule has 1 fully saturated rings. The van der Waals surface area contributed by atoms with Crippen molar-refractivity contribution in [3.63, 3.8) is 0 Å². The number of benzene rings is 1. The van der Waals surface area contributed by atoms with Crippen molar-refractivity contribution in [3.05, 3.63) is 41.3 Å². The normalized spacial score (nSPS) is 13.4.